The molecule has 1 aromatic heterocycles. The zero-order chi connectivity index (χ0) is 16.2. The third kappa shape index (κ3) is 3.70. The van der Waals surface area contributed by atoms with E-state index in [0.717, 1.165) is 15.6 Å². The van der Waals surface area contributed by atoms with Gasteiger partial charge in [0.15, 0.2) is 0 Å². The number of fused-ring (bicyclic) bond motifs is 1. The molecule has 1 heterocycles. The zero-order valence-corrected chi connectivity index (χ0v) is 13.6. The van der Waals surface area contributed by atoms with Gasteiger partial charge in [-0.2, -0.15) is 0 Å². The summed E-state index contributed by atoms with van der Waals surface area (Å²) in [7, 11) is 0. The Morgan fingerprint density at radius 1 is 1.22 bits per heavy atom. The van der Waals surface area contributed by atoms with Crippen LogP contribution in [0.2, 0.25) is 5.02 Å². The van der Waals surface area contributed by atoms with E-state index in [9.17, 15) is 4.79 Å². The molecule has 3 rings (SSSR count). The van der Waals surface area contributed by atoms with Crippen LogP contribution in [0, 0.1) is 0 Å². The molecule has 0 aliphatic rings. The molecular weight excluding hydrogens is 332 g/mol. The third-order valence-corrected chi connectivity index (χ3v) is 4.49. The smallest absolute Gasteiger partial charge is 0.365 e. The Morgan fingerprint density at radius 3 is 2.78 bits per heavy atom. The van der Waals surface area contributed by atoms with Crippen LogP contribution in [0.4, 0.5) is 0 Å². The lowest BCUT2D eigenvalue weighted by Crippen LogP contribution is -2.16. The fourth-order valence-corrected chi connectivity index (χ4v) is 3.26. The first-order chi connectivity index (χ1) is 11.1. The fraction of sp³-hybridized carbons (Fsp3) is 0.0588. The molecule has 6 heteroatoms. The molecule has 2 N–H and O–H groups in total. The average molecular weight is 345 g/mol. The number of nitrogens with two attached hydrogens (primary N) is 1. The summed E-state index contributed by atoms with van der Waals surface area (Å²) in [6.45, 7) is 0. The fourth-order valence-electron chi connectivity index (χ4n) is 2.15. The summed E-state index contributed by atoms with van der Waals surface area (Å²) in [5, 5.41) is 7.43. The standard InChI is InChI=1S/C17H13ClN2O2S/c18-13-6-7-15-14(9-13)12(10-23-15)8-16(19)20-22-17(21)11-4-2-1-3-5-11/h1-7,9-10H,8H2,(H2,19,20). The van der Waals surface area contributed by atoms with Gasteiger partial charge >= 0.3 is 5.97 Å². The maximum Gasteiger partial charge on any atom is 0.365 e. The van der Waals surface area contributed by atoms with Crippen molar-refractivity contribution in [2.75, 3.05) is 0 Å². The Hall–Kier alpha value is -2.37. The van der Waals surface area contributed by atoms with Gasteiger partial charge in [-0.05, 0) is 46.7 Å². The molecule has 0 saturated heterocycles. The molecule has 0 aliphatic carbocycles. The van der Waals surface area contributed by atoms with Crippen LogP contribution in [-0.2, 0) is 11.3 Å². The van der Waals surface area contributed by atoms with Crippen molar-refractivity contribution in [3.05, 3.63) is 70.1 Å². The molecule has 0 unspecified atom stereocenters. The molecule has 0 amide bonds. The molecule has 116 valence electrons. The minimum absolute atomic E-state index is 0.231. The zero-order valence-electron chi connectivity index (χ0n) is 12.0. The molecule has 2 aromatic carbocycles. The van der Waals surface area contributed by atoms with E-state index >= 15 is 0 Å². The predicted molar refractivity (Wildman–Crippen MR) is 94.0 cm³/mol. The Bertz CT molecular complexity index is 875. The van der Waals surface area contributed by atoms with Gasteiger partial charge < -0.3 is 10.6 Å². The van der Waals surface area contributed by atoms with Gasteiger partial charge in [0.2, 0.25) is 0 Å². The van der Waals surface area contributed by atoms with Gasteiger partial charge in [0.25, 0.3) is 0 Å². The lowest BCUT2D eigenvalue weighted by Gasteiger charge is -2.01. The van der Waals surface area contributed by atoms with Crippen molar-refractivity contribution in [2.24, 2.45) is 10.9 Å². The van der Waals surface area contributed by atoms with Gasteiger partial charge in [-0.3, -0.25) is 0 Å². The molecule has 3 aromatic rings. The predicted octanol–water partition coefficient (Wildman–Crippen LogP) is 4.23. The van der Waals surface area contributed by atoms with E-state index in [4.69, 9.17) is 22.2 Å². The van der Waals surface area contributed by atoms with E-state index in [1.165, 1.54) is 0 Å². The number of nitrogens with zero attached hydrogens (tertiary/aromatic N) is 1. The minimum atomic E-state index is -0.535. The number of amidine groups is 1. The molecule has 4 nitrogen and oxygen atoms in total. The Morgan fingerprint density at radius 2 is 2.00 bits per heavy atom. The highest BCUT2D eigenvalue weighted by Gasteiger charge is 2.09. The average Bonchev–Trinajstić information content (AvgIpc) is 2.95. The summed E-state index contributed by atoms with van der Waals surface area (Å²) in [5.74, 6) is -0.305. The van der Waals surface area contributed by atoms with E-state index in [-0.39, 0.29) is 5.84 Å². The number of benzene rings is 2. The maximum absolute atomic E-state index is 11.8. The largest absolute Gasteiger partial charge is 0.384 e. The van der Waals surface area contributed by atoms with Crippen LogP contribution < -0.4 is 5.73 Å². The van der Waals surface area contributed by atoms with Crippen LogP contribution in [0.3, 0.4) is 0 Å². The van der Waals surface area contributed by atoms with Gasteiger partial charge in [0, 0.05) is 16.1 Å². The molecule has 0 spiro atoms. The molecule has 23 heavy (non-hydrogen) atoms. The Balaban J connectivity index is 1.71. The van der Waals surface area contributed by atoms with E-state index in [1.54, 1.807) is 35.6 Å². The number of oxime groups is 1. The number of carbonyl (C=O) groups is 1. The van der Waals surface area contributed by atoms with Crippen molar-refractivity contribution in [1.29, 1.82) is 0 Å². The number of rotatable bonds is 4. The Kier molecular flexibility index (Phi) is 4.60. The highest BCUT2D eigenvalue weighted by Crippen LogP contribution is 2.28. The lowest BCUT2D eigenvalue weighted by molar-refractivity contribution is 0.0515. The Labute approximate surface area is 142 Å². The molecule has 0 radical (unpaired) electrons. The first-order valence-electron chi connectivity index (χ1n) is 6.88. The third-order valence-electron chi connectivity index (χ3n) is 3.24. The van der Waals surface area contributed by atoms with Crippen LogP contribution in [0.1, 0.15) is 15.9 Å². The van der Waals surface area contributed by atoms with Crippen LogP contribution >= 0.6 is 22.9 Å². The SMILES string of the molecule is N/C(Cc1csc2ccc(Cl)cc12)=N\OC(=O)c1ccccc1. The van der Waals surface area contributed by atoms with Crippen LogP contribution in [-0.4, -0.2) is 11.8 Å². The van der Waals surface area contributed by atoms with E-state index in [2.05, 4.69) is 5.16 Å². The second-order valence-corrected chi connectivity index (χ2v) is 6.25. The second-order valence-electron chi connectivity index (χ2n) is 4.91. The van der Waals surface area contributed by atoms with Gasteiger partial charge in [-0.1, -0.05) is 35.0 Å². The number of hydrogen-bond donors (Lipinski definition) is 1. The normalized spacial score (nSPS) is 11.6. The minimum Gasteiger partial charge on any atom is -0.384 e. The quantitative estimate of drug-likeness (QED) is 0.333. The summed E-state index contributed by atoms with van der Waals surface area (Å²) in [6.07, 6.45) is 0.391. The van der Waals surface area contributed by atoms with Crippen LogP contribution in [0.25, 0.3) is 10.1 Å². The highest BCUT2D eigenvalue weighted by atomic mass is 35.5. The van der Waals surface area contributed by atoms with Gasteiger partial charge in [-0.25, -0.2) is 4.79 Å². The van der Waals surface area contributed by atoms with E-state index < -0.39 is 5.97 Å². The van der Waals surface area contributed by atoms with Gasteiger partial charge in [0.1, 0.15) is 5.84 Å². The molecule has 0 bridgehead atoms. The summed E-state index contributed by atoms with van der Waals surface area (Å²) in [5.41, 5.74) is 7.30. The topological polar surface area (TPSA) is 64.7 Å². The monoisotopic (exact) mass is 344 g/mol. The van der Waals surface area contributed by atoms with Crippen LogP contribution in [0.5, 0.6) is 0 Å². The van der Waals surface area contributed by atoms with E-state index in [1.807, 2.05) is 29.6 Å². The van der Waals surface area contributed by atoms with Crippen molar-refractivity contribution in [3.63, 3.8) is 0 Å². The number of thiophene rings is 1. The molecule has 0 saturated carbocycles. The summed E-state index contributed by atoms with van der Waals surface area (Å²) in [6, 6.07) is 14.4. The second kappa shape index (κ2) is 6.81. The first-order valence-corrected chi connectivity index (χ1v) is 8.13. The molecule has 0 atom stereocenters. The van der Waals surface area contributed by atoms with E-state index in [0.29, 0.717) is 17.0 Å². The summed E-state index contributed by atoms with van der Waals surface area (Å²) in [4.78, 5) is 16.7. The number of hydrogen-bond acceptors (Lipinski definition) is 4. The van der Waals surface area contributed by atoms with Gasteiger partial charge in [-0.15, -0.1) is 11.3 Å². The number of carbonyl (C=O) groups excluding carboxylic acids is 1. The molecule has 0 fully saturated rings. The van der Waals surface area contributed by atoms with Crippen molar-refractivity contribution >= 4 is 44.8 Å². The van der Waals surface area contributed by atoms with Crippen molar-refractivity contribution < 1.29 is 9.63 Å². The lowest BCUT2D eigenvalue weighted by atomic mass is 10.1. The summed E-state index contributed by atoms with van der Waals surface area (Å²) < 4.78 is 1.12. The maximum atomic E-state index is 11.8. The van der Waals surface area contributed by atoms with Crippen molar-refractivity contribution in [1.82, 2.24) is 0 Å². The summed E-state index contributed by atoms with van der Waals surface area (Å²) >= 11 is 7.64. The van der Waals surface area contributed by atoms with Crippen LogP contribution in [0.15, 0.2) is 59.1 Å². The molecule has 0 aliphatic heterocycles. The van der Waals surface area contributed by atoms with Crippen molar-refractivity contribution in [2.45, 2.75) is 6.42 Å². The highest BCUT2D eigenvalue weighted by molar-refractivity contribution is 7.17. The van der Waals surface area contributed by atoms with Gasteiger partial charge in [0.05, 0.1) is 5.56 Å². The molecular formula is C17H13ClN2O2S. The number of halogens is 1. The first kappa shape index (κ1) is 15.5. The van der Waals surface area contributed by atoms with Crippen molar-refractivity contribution in [3.8, 4) is 0 Å².